The van der Waals surface area contributed by atoms with Crippen LogP contribution in [0.25, 0.3) is 16.7 Å². The Bertz CT molecular complexity index is 2160. The molecule has 0 spiro atoms. The van der Waals surface area contributed by atoms with Crippen LogP contribution in [0, 0.1) is 35.5 Å². The lowest BCUT2D eigenvalue weighted by Gasteiger charge is -2.38. The Hall–Kier alpha value is -5.08. The van der Waals surface area contributed by atoms with E-state index in [1.54, 1.807) is 24.4 Å². The first kappa shape index (κ1) is 36.3. The number of nitrogens with one attached hydrogen (secondary N) is 2. The number of benzene rings is 2. The summed E-state index contributed by atoms with van der Waals surface area (Å²) >= 11 is 7.44. The van der Waals surface area contributed by atoms with Gasteiger partial charge in [-0.1, -0.05) is 36.4 Å². The highest BCUT2D eigenvalue weighted by Gasteiger charge is 2.47. The number of carbonyl (C=O) groups is 1. The lowest BCUT2D eigenvalue weighted by molar-refractivity contribution is -0.0281. The van der Waals surface area contributed by atoms with Crippen LogP contribution in [0.15, 0.2) is 71.3 Å². The van der Waals surface area contributed by atoms with E-state index in [1.165, 1.54) is 7.11 Å². The number of pyridine rings is 1. The number of nitriles is 2. The SMILES string of the molecule is COc1cc(C(=O)NC2(c3nc4cc(CN5CC(CC#N)C5)cc(C#N)c4o3)C=CC=C(c3ccccc3C)C2Cl)ncc1CN[C@@H]1CCOC[C@H]1O. The molecule has 4 aromatic rings. The number of methoxy groups -OCH3 is 1. The van der Waals surface area contributed by atoms with Gasteiger partial charge in [0, 0.05) is 63.1 Å². The number of aliphatic hydroxyl groups is 1. The number of aromatic nitrogens is 2. The molecule has 3 N–H and O–H groups in total. The molecule has 7 rings (SSSR count). The second-order valence-electron chi connectivity index (χ2n) is 13.8. The van der Waals surface area contributed by atoms with Crippen LogP contribution >= 0.6 is 11.6 Å². The molecule has 4 heterocycles. The van der Waals surface area contributed by atoms with Gasteiger partial charge >= 0.3 is 0 Å². The van der Waals surface area contributed by atoms with Gasteiger partial charge in [-0.05, 0) is 59.7 Å². The maximum absolute atomic E-state index is 14.2. The van der Waals surface area contributed by atoms with Crippen molar-refractivity contribution in [1.29, 1.82) is 10.5 Å². The van der Waals surface area contributed by atoms with Crippen LogP contribution in [0.1, 0.15) is 57.0 Å². The number of amides is 1. The van der Waals surface area contributed by atoms with Crippen LogP contribution in [-0.4, -0.2) is 76.8 Å². The molecule has 2 aromatic heterocycles. The van der Waals surface area contributed by atoms with Gasteiger partial charge in [0.25, 0.3) is 5.91 Å². The zero-order valence-electron chi connectivity index (χ0n) is 29.5. The van der Waals surface area contributed by atoms with E-state index in [0.717, 1.165) is 35.4 Å². The minimum atomic E-state index is -1.49. The fourth-order valence-corrected chi connectivity index (χ4v) is 7.72. The highest BCUT2D eigenvalue weighted by atomic mass is 35.5. The molecule has 2 fully saturated rings. The lowest BCUT2D eigenvalue weighted by Crippen LogP contribution is -2.52. The molecule has 2 saturated heterocycles. The molecule has 2 aliphatic heterocycles. The van der Waals surface area contributed by atoms with E-state index in [2.05, 4.69) is 32.7 Å². The molecule has 2 unspecified atom stereocenters. The molecular weight excluding hydrogens is 694 g/mol. The summed E-state index contributed by atoms with van der Waals surface area (Å²) in [5.74, 6) is 0.372. The van der Waals surface area contributed by atoms with Crippen molar-refractivity contribution in [3.05, 3.63) is 106 Å². The molecule has 13 heteroatoms. The van der Waals surface area contributed by atoms with Crippen molar-refractivity contribution >= 4 is 34.2 Å². The van der Waals surface area contributed by atoms with Gasteiger partial charge in [-0.2, -0.15) is 10.5 Å². The first-order chi connectivity index (χ1) is 25.7. The minimum absolute atomic E-state index is 0.0840. The number of carbonyl (C=O) groups excluding carboxylic acids is 1. The van der Waals surface area contributed by atoms with Gasteiger partial charge < -0.3 is 29.6 Å². The molecule has 272 valence electrons. The molecular formula is C40H40ClN7O5. The van der Waals surface area contributed by atoms with Gasteiger partial charge in [0.05, 0.1) is 36.8 Å². The summed E-state index contributed by atoms with van der Waals surface area (Å²) in [6.45, 7) is 5.42. The normalized spacial score (nSPS) is 23.1. The van der Waals surface area contributed by atoms with Crippen LogP contribution in [0.2, 0.25) is 0 Å². The summed E-state index contributed by atoms with van der Waals surface area (Å²) in [4.78, 5) is 25.9. The Morgan fingerprint density at radius 2 is 2.06 bits per heavy atom. The smallest absolute Gasteiger partial charge is 0.271 e. The molecule has 3 aliphatic rings. The predicted molar refractivity (Wildman–Crippen MR) is 198 cm³/mol. The minimum Gasteiger partial charge on any atom is -0.496 e. The molecule has 12 nitrogen and oxygen atoms in total. The monoisotopic (exact) mass is 733 g/mol. The van der Waals surface area contributed by atoms with E-state index < -0.39 is 22.9 Å². The number of aliphatic hydroxyl groups excluding tert-OH is 1. The largest absolute Gasteiger partial charge is 0.496 e. The van der Waals surface area contributed by atoms with Gasteiger partial charge in [0.15, 0.2) is 11.1 Å². The average Bonchev–Trinajstić information content (AvgIpc) is 3.59. The number of rotatable bonds is 11. The number of allylic oxidation sites excluding steroid dienone is 2. The predicted octanol–water partition coefficient (Wildman–Crippen LogP) is 4.88. The molecule has 0 bridgehead atoms. The lowest BCUT2D eigenvalue weighted by atomic mass is 9.81. The Morgan fingerprint density at radius 3 is 2.81 bits per heavy atom. The molecule has 1 aliphatic carbocycles. The second kappa shape index (κ2) is 15.5. The van der Waals surface area contributed by atoms with Gasteiger partial charge in [-0.15, -0.1) is 11.6 Å². The maximum atomic E-state index is 14.2. The number of alkyl halides is 1. The maximum Gasteiger partial charge on any atom is 0.271 e. The van der Waals surface area contributed by atoms with Crippen molar-refractivity contribution in [2.24, 2.45) is 5.92 Å². The first-order valence-electron chi connectivity index (χ1n) is 17.6. The third kappa shape index (κ3) is 7.30. The Labute approximate surface area is 312 Å². The number of ether oxygens (including phenoxy) is 2. The van der Waals surface area contributed by atoms with Gasteiger partial charge in [-0.25, -0.2) is 4.98 Å². The van der Waals surface area contributed by atoms with Crippen molar-refractivity contribution < 1.29 is 23.8 Å². The van der Waals surface area contributed by atoms with Crippen molar-refractivity contribution in [3.63, 3.8) is 0 Å². The van der Waals surface area contributed by atoms with E-state index in [4.69, 9.17) is 35.7 Å². The van der Waals surface area contributed by atoms with Crippen molar-refractivity contribution in [1.82, 2.24) is 25.5 Å². The van der Waals surface area contributed by atoms with Crippen molar-refractivity contribution in [2.75, 3.05) is 33.4 Å². The van der Waals surface area contributed by atoms with Crippen LogP contribution in [0.4, 0.5) is 0 Å². The Kier molecular flexibility index (Phi) is 10.6. The highest BCUT2D eigenvalue weighted by Crippen LogP contribution is 2.43. The number of halogens is 1. The van der Waals surface area contributed by atoms with Crippen LogP contribution in [-0.2, 0) is 23.4 Å². The number of hydrogen-bond donors (Lipinski definition) is 3. The molecule has 2 aromatic carbocycles. The van der Waals surface area contributed by atoms with Crippen molar-refractivity contribution in [2.45, 2.75) is 55.9 Å². The standard InChI is InChI=1S/C40H40ClN7O5/c1-24-6-3-4-7-29(24)30-8-5-11-40(37(30)41,39-46-32-15-26(14-27(17-43)36(32)53-39)22-48-20-25(21-48)9-12-42)47-38(50)33-16-35(51-2)28(19-45-33)18-44-31-10-13-52-23-34(31)49/h3-8,11,14-16,19,25,31,34,37,44,49H,9-10,13,18,20-23H2,1-2H3,(H,47,50)/t31-,34-,37?,40?/m1/s1. The van der Waals surface area contributed by atoms with Crippen molar-refractivity contribution in [3.8, 4) is 17.9 Å². The van der Waals surface area contributed by atoms with E-state index in [-0.39, 0.29) is 24.2 Å². The molecule has 0 saturated carbocycles. The fourth-order valence-electron chi connectivity index (χ4n) is 7.31. The fraction of sp³-hybridized carbons (Fsp3) is 0.375. The third-order valence-electron chi connectivity index (χ3n) is 10.2. The average molecular weight is 734 g/mol. The van der Waals surface area contributed by atoms with Gasteiger partial charge in [0.1, 0.15) is 23.0 Å². The zero-order chi connectivity index (χ0) is 37.1. The second-order valence-corrected chi connectivity index (χ2v) is 14.3. The highest BCUT2D eigenvalue weighted by molar-refractivity contribution is 6.28. The quantitative estimate of drug-likeness (QED) is 0.180. The zero-order valence-corrected chi connectivity index (χ0v) is 30.3. The summed E-state index contributed by atoms with van der Waals surface area (Å²) < 4.78 is 17.4. The number of oxazole rings is 1. The number of nitrogens with zero attached hydrogens (tertiary/aromatic N) is 5. The summed E-state index contributed by atoms with van der Waals surface area (Å²) in [6, 6.07) is 17.5. The first-order valence-corrected chi connectivity index (χ1v) is 18.0. The summed E-state index contributed by atoms with van der Waals surface area (Å²) in [5.41, 5.74) is 3.93. The molecule has 4 atom stereocenters. The van der Waals surface area contributed by atoms with E-state index in [9.17, 15) is 15.2 Å². The number of likely N-dealkylation sites (tertiary alicyclic amines) is 1. The number of fused-ring (bicyclic) bond motifs is 1. The Morgan fingerprint density at radius 1 is 1.23 bits per heavy atom. The van der Waals surface area contributed by atoms with Crippen LogP contribution < -0.4 is 15.4 Å². The van der Waals surface area contributed by atoms with Gasteiger partial charge in [-0.3, -0.25) is 14.7 Å². The van der Waals surface area contributed by atoms with E-state index in [1.807, 2.05) is 49.4 Å². The topological polar surface area (TPSA) is 170 Å². The molecule has 53 heavy (non-hydrogen) atoms. The summed E-state index contributed by atoms with van der Waals surface area (Å²) in [7, 11) is 1.52. The summed E-state index contributed by atoms with van der Waals surface area (Å²) in [5, 5.41) is 35.1. The number of hydrogen-bond acceptors (Lipinski definition) is 11. The Balaban J connectivity index is 1.22. The molecule has 1 amide bonds. The van der Waals surface area contributed by atoms with Gasteiger partial charge in [0.2, 0.25) is 5.89 Å². The third-order valence-corrected chi connectivity index (χ3v) is 10.8. The van der Waals surface area contributed by atoms with Crippen LogP contribution in [0.5, 0.6) is 5.75 Å². The van der Waals surface area contributed by atoms with Crippen LogP contribution in [0.3, 0.4) is 0 Å². The van der Waals surface area contributed by atoms with E-state index >= 15 is 0 Å². The van der Waals surface area contributed by atoms with E-state index in [0.29, 0.717) is 66.4 Å². The number of aryl methyl sites for hydroxylation is 1. The molecule has 0 radical (unpaired) electrons. The summed E-state index contributed by atoms with van der Waals surface area (Å²) in [6.07, 6.45) is 7.64.